The van der Waals surface area contributed by atoms with Gasteiger partial charge < -0.3 is 20.4 Å². The van der Waals surface area contributed by atoms with Gasteiger partial charge in [0.15, 0.2) is 5.69 Å². The number of rotatable bonds is 4. The van der Waals surface area contributed by atoms with Crippen LogP contribution in [0.15, 0.2) is 6.20 Å². The van der Waals surface area contributed by atoms with Crippen molar-refractivity contribution in [2.75, 3.05) is 19.6 Å². The number of carbonyl (C=O) groups is 2. The van der Waals surface area contributed by atoms with Crippen molar-refractivity contribution in [1.29, 1.82) is 0 Å². The van der Waals surface area contributed by atoms with Gasteiger partial charge in [-0.2, -0.15) is 0 Å². The van der Waals surface area contributed by atoms with Gasteiger partial charge in [0, 0.05) is 19.6 Å². The number of urea groups is 1. The van der Waals surface area contributed by atoms with Gasteiger partial charge in [0.2, 0.25) is 0 Å². The monoisotopic (exact) mass is 297 g/mol. The lowest BCUT2D eigenvalue weighted by molar-refractivity contribution is 0.0435. The molecule has 2 unspecified atom stereocenters. The first kappa shape index (κ1) is 15.2. The van der Waals surface area contributed by atoms with E-state index in [1.165, 1.54) is 10.9 Å². The van der Waals surface area contributed by atoms with Crippen LogP contribution in [0.2, 0.25) is 0 Å². The van der Waals surface area contributed by atoms with Crippen molar-refractivity contribution in [1.82, 2.24) is 25.2 Å². The van der Waals surface area contributed by atoms with E-state index >= 15 is 0 Å². The molecule has 9 nitrogen and oxygen atoms in total. The molecule has 1 aliphatic heterocycles. The number of amides is 2. The Morgan fingerprint density at radius 3 is 2.90 bits per heavy atom. The standard InChI is InChI=1S/C12H19N5O4/c1-8-2-4-16(7-10(8)18)12(21)13-3-5-17-6-9(11(19)20)14-15-17/h6,8,10,18H,2-5,7H2,1H3,(H,13,21)(H,19,20). The molecule has 2 rings (SSSR count). The van der Waals surface area contributed by atoms with Crippen molar-refractivity contribution in [3.8, 4) is 0 Å². The Bertz CT molecular complexity index is 518. The number of hydrogen-bond acceptors (Lipinski definition) is 5. The van der Waals surface area contributed by atoms with Crippen LogP contribution in [0.25, 0.3) is 0 Å². The summed E-state index contributed by atoms with van der Waals surface area (Å²) in [4.78, 5) is 24.1. The largest absolute Gasteiger partial charge is 0.476 e. The molecule has 2 amide bonds. The summed E-state index contributed by atoms with van der Waals surface area (Å²) in [7, 11) is 0. The molecule has 0 aliphatic carbocycles. The van der Waals surface area contributed by atoms with E-state index in [1.54, 1.807) is 4.90 Å². The fraction of sp³-hybridized carbons (Fsp3) is 0.667. The van der Waals surface area contributed by atoms with Crippen LogP contribution < -0.4 is 5.32 Å². The zero-order valence-electron chi connectivity index (χ0n) is 11.8. The molecule has 116 valence electrons. The quantitative estimate of drug-likeness (QED) is 0.681. The minimum atomic E-state index is -1.14. The molecule has 0 aromatic carbocycles. The molecule has 0 spiro atoms. The van der Waals surface area contributed by atoms with Crippen LogP contribution >= 0.6 is 0 Å². The third kappa shape index (κ3) is 3.91. The van der Waals surface area contributed by atoms with Crippen LogP contribution in [0.5, 0.6) is 0 Å². The predicted octanol–water partition coefficient (Wildman–Crippen LogP) is -0.611. The van der Waals surface area contributed by atoms with E-state index in [4.69, 9.17) is 5.11 Å². The zero-order chi connectivity index (χ0) is 15.4. The van der Waals surface area contributed by atoms with Crippen molar-refractivity contribution in [3.63, 3.8) is 0 Å². The highest BCUT2D eigenvalue weighted by Gasteiger charge is 2.26. The van der Waals surface area contributed by atoms with E-state index in [1.807, 2.05) is 6.92 Å². The molecule has 0 saturated carbocycles. The summed E-state index contributed by atoms with van der Waals surface area (Å²) in [6.07, 6.45) is 1.60. The first-order valence-corrected chi connectivity index (χ1v) is 6.81. The number of nitrogens with one attached hydrogen (secondary N) is 1. The first-order valence-electron chi connectivity index (χ1n) is 6.81. The maximum Gasteiger partial charge on any atom is 0.358 e. The molecule has 1 aromatic rings. The van der Waals surface area contributed by atoms with Crippen molar-refractivity contribution in [3.05, 3.63) is 11.9 Å². The fourth-order valence-electron chi connectivity index (χ4n) is 2.13. The van der Waals surface area contributed by atoms with E-state index in [0.717, 1.165) is 6.42 Å². The molecule has 2 atom stereocenters. The maximum absolute atomic E-state index is 11.9. The minimum absolute atomic E-state index is 0.130. The summed E-state index contributed by atoms with van der Waals surface area (Å²) in [5.41, 5.74) is -0.130. The van der Waals surface area contributed by atoms with Gasteiger partial charge in [0.25, 0.3) is 0 Å². The second kappa shape index (κ2) is 6.53. The molecule has 21 heavy (non-hydrogen) atoms. The molecule has 9 heteroatoms. The number of likely N-dealkylation sites (tertiary alicyclic amines) is 1. The average molecular weight is 297 g/mol. The number of nitrogens with zero attached hydrogens (tertiary/aromatic N) is 4. The first-order chi connectivity index (χ1) is 9.97. The van der Waals surface area contributed by atoms with Gasteiger partial charge in [-0.05, 0) is 12.3 Å². The summed E-state index contributed by atoms with van der Waals surface area (Å²) < 4.78 is 1.36. The number of carboxylic acids is 1. The smallest absolute Gasteiger partial charge is 0.358 e. The molecular weight excluding hydrogens is 278 g/mol. The minimum Gasteiger partial charge on any atom is -0.476 e. The van der Waals surface area contributed by atoms with Crippen LogP contribution in [0.3, 0.4) is 0 Å². The van der Waals surface area contributed by atoms with Crippen molar-refractivity contribution in [2.45, 2.75) is 26.0 Å². The number of aliphatic hydroxyl groups excluding tert-OH is 1. The van der Waals surface area contributed by atoms with E-state index in [0.29, 0.717) is 26.2 Å². The van der Waals surface area contributed by atoms with Crippen LogP contribution in [-0.2, 0) is 6.54 Å². The molecule has 1 fully saturated rings. The lowest BCUT2D eigenvalue weighted by Gasteiger charge is -2.34. The Kier molecular flexibility index (Phi) is 4.73. The molecule has 1 aromatic heterocycles. The number of piperidine rings is 1. The van der Waals surface area contributed by atoms with Crippen LogP contribution in [0, 0.1) is 5.92 Å². The number of aliphatic hydroxyl groups is 1. The Morgan fingerprint density at radius 2 is 2.29 bits per heavy atom. The Hall–Kier alpha value is -2.16. The summed E-state index contributed by atoms with van der Waals surface area (Å²) in [6.45, 7) is 3.56. The lowest BCUT2D eigenvalue weighted by atomic mass is 9.96. The number of aromatic carboxylic acids is 1. The van der Waals surface area contributed by atoms with Gasteiger partial charge >= 0.3 is 12.0 Å². The Balaban J connectivity index is 1.75. The van der Waals surface area contributed by atoms with Gasteiger partial charge in [-0.1, -0.05) is 12.1 Å². The number of carboxylic acid groups (broad SMARTS) is 1. The second-order valence-corrected chi connectivity index (χ2v) is 5.18. The summed E-state index contributed by atoms with van der Waals surface area (Å²) in [6, 6.07) is -0.237. The van der Waals surface area contributed by atoms with Gasteiger partial charge in [-0.15, -0.1) is 5.10 Å². The fourth-order valence-corrected chi connectivity index (χ4v) is 2.13. The van der Waals surface area contributed by atoms with Gasteiger partial charge in [-0.25, -0.2) is 14.3 Å². The number of hydrogen-bond donors (Lipinski definition) is 3. The molecular formula is C12H19N5O4. The topological polar surface area (TPSA) is 121 Å². The normalized spacial score (nSPS) is 22.1. The van der Waals surface area contributed by atoms with E-state index < -0.39 is 12.1 Å². The van der Waals surface area contributed by atoms with Crippen LogP contribution in [-0.4, -0.2) is 67.8 Å². The zero-order valence-corrected chi connectivity index (χ0v) is 11.8. The highest BCUT2D eigenvalue weighted by atomic mass is 16.4. The maximum atomic E-state index is 11.9. The van der Waals surface area contributed by atoms with E-state index in [9.17, 15) is 14.7 Å². The van der Waals surface area contributed by atoms with E-state index in [2.05, 4.69) is 15.6 Å². The second-order valence-electron chi connectivity index (χ2n) is 5.18. The Morgan fingerprint density at radius 1 is 1.52 bits per heavy atom. The van der Waals surface area contributed by atoms with Gasteiger partial charge in [0.1, 0.15) is 0 Å². The molecule has 1 saturated heterocycles. The average Bonchev–Trinajstić information content (AvgIpc) is 2.91. The highest BCUT2D eigenvalue weighted by Crippen LogP contribution is 2.16. The van der Waals surface area contributed by atoms with Crippen molar-refractivity contribution in [2.24, 2.45) is 5.92 Å². The number of β-amino-alcohol motifs (C(OH)–C–C–N with tert-alkyl or cyclic N) is 1. The lowest BCUT2D eigenvalue weighted by Crippen LogP contribution is -2.50. The third-order valence-electron chi connectivity index (χ3n) is 3.58. The van der Waals surface area contributed by atoms with Crippen LogP contribution in [0.1, 0.15) is 23.8 Å². The van der Waals surface area contributed by atoms with Crippen molar-refractivity contribution < 1.29 is 19.8 Å². The molecule has 2 heterocycles. The highest BCUT2D eigenvalue weighted by molar-refractivity contribution is 5.84. The summed E-state index contributed by atoms with van der Waals surface area (Å²) in [5, 5.41) is 28.3. The van der Waals surface area contributed by atoms with E-state index in [-0.39, 0.29) is 17.6 Å². The van der Waals surface area contributed by atoms with Gasteiger partial charge in [0.05, 0.1) is 18.8 Å². The SMILES string of the molecule is CC1CCN(C(=O)NCCn2cc(C(=O)O)nn2)CC1O. The predicted molar refractivity (Wildman–Crippen MR) is 71.7 cm³/mol. The molecule has 0 bridgehead atoms. The number of carbonyl (C=O) groups excluding carboxylic acids is 1. The van der Waals surface area contributed by atoms with Crippen molar-refractivity contribution >= 4 is 12.0 Å². The third-order valence-corrected chi connectivity index (χ3v) is 3.58. The summed E-state index contributed by atoms with van der Waals surface area (Å²) >= 11 is 0. The summed E-state index contributed by atoms with van der Waals surface area (Å²) in [5.74, 6) is -0.930. The van der Waals surface area contributed by atoms with Gasteiger partial charge in [-0.3, -0.25) is 0 Å². The van der Waals surface area contributed by atoms with Crippen LogP contribution in [0.4, 0.5) is 4.79 Å². The molecule has 0 radical (unpaired) electrons. The Labute approximate surface area is 121 Å². The number of aromatic nitrogens is 3. The molecule has 1 aliphatic rings. The molecule has 3 N–H and O–H groups in total.